The van der Waals surface area contributed by atoms with Crippen molar-refractivity contribution in [1.82, 2.24) is 15.0 Å². The van der Waals surface area contributed by atoms with Crippen molar-refractivity contribution in [2.75, 3.05) is 11.9 Å². The van der Waals surface area contributed by atoms with E-state index < -0.39 is 11.9 Å². The van der Waals surface area contributed by atoms with Crippen LogP contribution in [-0.4, -0.2) is 27.7 Å². The van der Waals surface area contributed by atoms with Gasteiger partial charge in [-0.25, -0.2) is 24.1 Å². The summed E-state index contributed by atoms with van der Waals surface area (Å²) in [4.78, 5) is 25.4. The minimum atomic E-state index is -0.785. The number of halogens is 2. The molecule has 0 radical (unpaired) electrons. The Labute approximate surface area is 192 Å². The number of ether oxygens (including phenoxy) is 1. The Kier molecular flexibility index (Phi) is 6.53. The highest BCUT2D eigenvalue weighted by Crippen LogP contribution is 2.41. The van der Waals surface area contributed by atoms with E-state index in [1.54, 1.807) is 18.2 Å². The van der Waals surface area contributed by atoms with Crippen LogP contribution in [0.15, 0.2) is 73.4 Å². The molecule has 4 rings (SSSR count). The summed E-state index contributed by atoms with van der Waals surface area (Å²) in [6.45, 7) is 3.49. The number of carbonyl (C=O) groups excluding carboxylic acids is 1. The molecule has 0 aliphatic rings. The average molecular weight is 467 g/mol. The van der Waals surface area contributed by atoms with E-state index in [-0.39, 0.29) is 23.1 Å². The molecule has 4 aromatic rings. The van der Waals surface area contributed by atoms with Crippen molar-refractivity contribution in [1.29, 1.82) is 0 Å². The van der Waals surface area contributed by atoms with Crippen LogP contribution in [0, 0.1) is 5.82 Å². The molecule has 0 unspecified atom stereocenters. The van der Waals surface area contributed by atoms with Gasteiger partial charge in [0.15, 0.2) is 5.82 Å². The van der Waals surface area contributed by atoms with E-state index in [9.17, 15) is 4.79 Å². The first-order chi connectivity index (χ1) is 15.6. The summed E-state index contributed by atoms with van der Waals surface area (Å²) in [5.41, 5.74) is 1.95. The fourth-order valence-electron chi connectivity index (χ4n) is 2.93. The lowest BCUT2D eigenvalue weighted by molar-refractivity contribution is 0.174. The van der Waals surface area contributed by atoms with Gasteiger partial charge in [0.25, 0.3) is 0 Å². The molecule has 1 N–H and O–H groups in total. The second-order valence-electron chi connectivity index (χ2n) is 6.45. The average Bonchev–Trinajstić information content (AvgIpc) is 3.25. The Morgan fingerprint density at radius 1 is 1.16 bits per heavy atom. The van der Waals surface area contributed by atoms with Crippen LogP contribution < -0.4 is 5.32 Å². The molecule has 6 nitrogen and oxygen atoms in total. The lowest BCUT2D eigenvalue weighted by Crippen LogP contribution is -2.14. The molecule has 160 valence electrons. The zero-order valence-electron chi connectivity index (χ0n) is 16.6. The lowest BCUT2D eigenvalue weighted by atomic mass is 10.1. The van der Waals surface area contributed by atoms with Gasteiger partial charge in [-0.1, -0.05) is 49.1 Å². The second-order valence-corrected chi connectivity index (χ2v) is 7.79. The Morgan fingerprint density at radius 3 is 2.72 bits per heavy atom. The number of hydrogen-bond donors (Lipinski definition) is 1. The predicted molar refractivity (Wildman–Crippen MR) is 124 cm³/mol. The van der Waals surface area contributed by atoms with Crippen molar-refractivity contribution in [2.45, 2.75) is 0 Å². The van der Waals surface area contributed by atoms with E-state index in [1.165, 1.54) is 29.7 Å². The highest BCUT2D eigenvalue weighted by Gasteiger charge is 2.22. The largest absolute Gasteiger partial charge is 0.445 e. The molecule has 0 aliphatic carbocycles. The molecule has 0 bridgehead atoms. The minimum absolute atomic E-state index is 0.0122. The van der Waals surface area contributed by atoms with Crippen molar-refractivity contribution >= 4 is 34.7 Å². The van der Waals surface area contributed by atoms with Gasteiger partial charge in [-0.3, -0.25) is 5.32 Å². The number of carbonyl (C=O) groups is 1. The molecule has 2 aromatic carbocycles. The van der Waals surface area contributed by atoms with Gasteiger partial charge < -0.3 is 4.74 Å². The van der Waals surface area contributed by atoms with Crippen molar-refractivity contribution in [2.24, 2.45) is 0 Å². The van der Waals surface area contributed by atoms with Crippen molar-refractivity contribution in [3.63, 3.8) is 0 Å². The first kappa shape index (κ1) is 21.6. The van der Waals surface area contributed by atoms with Crippen LogP contribution in [0.3, 0.4) is 0 Å². The number of nitrogens with one attached hydrogen (secondary N) is 1. The summed E-state index contributed by atoms with van der Waals surface area (Å²) in [6.07, 6.45) is 2.17. The first-order valence-corrected chi connectivity index (χ1v) is 10.6. The monoisotopic (exact) mass is 466 g/mol. The van der Waals surface area contributed by atoms with Gasteiger partial charge in [-0.15, -0.1) is 11.3 Å². The van der Waals surface area contributed by atoms with Crippen LogP contribution in [0.25, 0.3) is 32.4 Å². The number of rotatable bonds is 6. The fraction of sp³-hybridized carbons (Fsp3) is 0.0435. The standard InChI is InChI=1S/C23H16ClFN4O2S/c1-2-13-31-23(30)28-16-10-6-9-15(18(16)25)19-20(17-11-12-26-22(24)27-17)32-21(29-19)14-7-4-3-5-8-14/h2-12H,1,13H2,(H,28,30). The summed E-state index contributed by atoms with van der Waals surface area (Å²) in [5.74, 6) is -0.644. The third-order valence-electron chi connectivity index (χ3n) is 4.33. The third kappa shape index (κ3) is 4.66. The summed E-state index contributed by atoms with van der Waals surface area (Å²) >= 11 is 7.35. The van der Waals surface area contributed by atoms with Crippen LogP contribution in [0.4, 0.5) is 14.9 Å². The van der Waals surface area contributed by atoms with Crippen LogP contribution in [0.5, 0.6) is 0 Å². The molecule has 2 heterocycles. The van der Waals surface area contributed by atoms with E-state index >= 15 is 4.39 Å². The summed E-state index contributed by atoms with van der Waals surface area (Å²) < 4.78 is 20.3. The molecule has 32 heavy (non-hydrogen) atoms. The highest BCUT2D eigenvalue weighted by molar-refractivity contribution is 7.18. The number of anilines is 1. The van der Waals surface area contributed by atoms with Gasteiger partial charge in [0.05, 0.1) is 22.0 Å². The Morgan fingerprint density at radius 2 is 1.97 bits per heavy atom. The molecular weight excluding hydrogens is 451 g/mol. The van der Waals surface area contributed by atoms with Gasteiger partial charge in [-0.05, 0) is 29.8 Å². The molecule has 0 aliphatic heterocycles. The maximum atomic E-state index is 15.4. The van der Waals surface area contributed by atoms with E-state index in [1.807, 2.05) is 30.3 Å². The zero-order valence-corrected chi connectivity index (χ0v) is 18.2. The lowest BCUT2D eigenvalue weighted by Gasteiger charge is -2.10. The van der Waals surface area contributed by atoms with Crippen LogP contribution >= 0.6 is 22.9 Å². The number of hydrogen-bond acceptors (Lipinski definition) is 6. The highest BCUT2D eigenvalue weighted by atomic mass is 35.5. The van der Waals surface area contributed by atoms with Crippen LogP contribution in [0.2, 0.25) is 5.28 Å². The molecule has 0 fully saturated rings. The Hall–Kier alpha value is -3.62. The Bertz CT molecular complexity index is 1280. The van der Waals surface area contributed by atoms with Gasteiger partial charge in [0.2, 0.25) is 5.28 Å². The summed E-state index contributed by atoms with van der Waals surface area (Å²) in [7, 11) is 0. The van der Waals surface area contributed by atoms with Crippen molar-refractivity contribution in [3.05, 3.63) is 84.5 Å². The molecule has 0 spiro atoms. The van der Waals surface area contributed by atoms with Gasteiger partial charge >= 0.3 is 6.09 Å². The maximum Gasteiger partial charge on any atom is 0.412 e. The number of aromatic nitrogens is 3. The molecule has 0 saturated heterocycles. The van der Waals surface area contributed by atoms with Crippen molar-refractivity contribution in [3.8, 4) is 32.4 Å². The topological polar surface area (TPSA) is 77.0 Å². The second kappa shape index (κ2) is 9.67. The molecule has 9 heteroatoms. The fourth-order valence-corrected chi connectivity index (χ4v) is 4.14. The summed E-state index contributed by atoms with van der Waals surface area (Å²) in [5, 5.41) is 3.17. The predicted octanol–water partition coefficient (Wildman–Crippen LogP) is 6.46. The smallest absolute Gasteiger partial charge is 0.412 e. The van der Waals surface area contributed by atoms with Crippen LogP contribution in [-0.2, 0) is 4.74 Å². The molecule has 0 atom stereocenters. The zero-order chi connectivity index (χ0) is 22.5. The van der Waals surface area contributed by atoms with Gasteiger partial charge in [0, 0.05) is 17.3 Å². The van der Waals surface area contributed by atoms with Gasteiger partial charge in [-0.2, -0.15) is 0 Å². The molecule has 2 aromatic heterocycles. The first-order valence-electron chi connectivity index (χ1n) is 9.45. The molecular formula is C23H16ClFN4O2S. The SMILES string of the molecule is C=CCOC(=O)Nc1cccc(-c2nc(-c3ccccc3)sc2-c2ccnc(Cl)n2)c1F. The number of nitrogens with zero attached hydrogens (tertiary/aromatic N) is 3. The molecule has 0 saturated carbocycles. The van der Waals surface area contributed by atoms with Crippen LogP contribution in [0.1, 0.15) is 0 Å². The van der Waals surface area contributed by atoms with E-state index in [2.05, 4.69) is 21.9 Å². The quantitative estimate of drug-likeness (QED) is 0.260. The Balaban J connectivity index is 1.82. The number of amides is 1. The van der Waals surface area contributed by atoms with E-state index in [0.29, 0.717) is 21.3 Å². The van der Waals surface area contributed by atoms with Gasteiger partial charge in [0.1, 0.15) is 11.6 Å². The van der Waals surface area contributed by atoms with E-state index in [0.717, 1.165) is 5.56 Å². The van der Waals surface area contributed by atoms with Crippen molar-refractivity contribution < 1.29 is 13.9 Å². The van der Waals surface area contributed by atoms with E-state index in [4.69, 9.17) is 21.3 Å². The maximum absolute atomic E-state index is 15.4. The summed E-state index contributed by atoms with van der Waals surface area (Å²) in [6, 6.07) is 15.9. The number of benzene rings is 2. The normalized spacial score (nSPS) is 10.6. The minimum Gasteiger partial charge on any atom is -0.445 e. The molecule has 1 amide bonds. The third-order valence-corrected chi connectivity index (χ3v) is 5.64. The number of thiazole rings is 1.